The molecule has 0 bridgehead atoms. The minimum Gasteiger partial charge on any atom is -0.370 e. The Morgan fingerprint density at radius 1 is 0.897 bits per heavy atom. The van der Waals surface area contributed by atoms with Gasteiger partial charge in [0, 0.05) is 24.4 Å². The van der Waals surface area contributed by atoms with Gasteiger partial charge in [0.15, 0.2) is 0 Å². The smallest absolute Gasteiger partial charge is 0.254 e. The Morgan fingerprint density at radius 2 is 1.69 bits per heavy atom. The van der Waals surface area contributed by atoms with Crippen LogP contribution in [0.1, 0.15) is 5.56 Å². The van der Waals surface area contributed by atoms with E-state index >= 15 is 0 Å². The second kappa shape index (κ2) is 7.55. The van der Waals surface area contributed by atoms with E-state index in [1.807, 2.05) is 77.6 Å². The van der Waals surface area contributed by atoms with Crippen molar-refractivity contribution in [2.24, 2.45) is 0 Å². The van der Waals surface area contributed by atoms with E-state index in [2.05, 4.69) is 31.7 Å². The quantitative estimate of drug-likeness (QED) is 0.486. The van der Waals surface area contributed by atoms with Gasteiger partial charge >= 0.3 is 0 Å². The molecular weight excluding hydrogens is 362 g/mol. The molecule has 7 heteroatoms. The van der Waals surface area contributed by atoms with E-state index in [9.17, 15) is 0 Å². The van der Waals surface area contributed by atoms with Gasteiger partial charge in [-0.1, -0.05) is 48.5 Å². The van der Waals surface area contributed by atoms with Gasteiger partial charge in [0.2, 0.25) is 0 Å². The van der Waals surface area contributed by atoms with Crippen LogP contribution in [0.5, 0.6) is 0 Å². The van der Waals surface area contributed by atoms with Crippen molar-refractivity contribution in [1.29, 1.82) is 0 Å². The molecular formula is C22H19N7. The molecule has 5 rings (SSSR count). The highest BCUT2D eigenvalue weighted by molar-refractivity contribution is 5.65. The number of rotatable bonds is 6. The lowest BCUT2D eigenvalue weighted by Crippen LogP contribution is -2.10. The van der Waals surface area contributed by atoms with Crippen LogP contribution in [0.15, 0.2) is 85.5 Å². The van der Waals surface area contributed by atoms with Crippen LogP contribution in [0.2, 0.25) is 0 Å². The molecule has 7 nitrogen and oxygen atoms in total. The molecule has 0 saturated heterocycles. The van der Waals surface area contributed by atoms with Crippen LogP contribution in [0.3, 0.4) is 0 Å². The lowest BCUT2D eigenvalue weighted by atomic mass is 10.1. The van der Waals surface area contributed by atoms with Gasteiger partial charge in [-0.2, -0.15) is 19.7 Å². The van der Waals surface area contributed by atoms with E-state index in [1.54, 1.807) is 4.52 Å². The van der Waals surface area contributed by atoms with E-state index < -0.39 is 0 Å². The van der Waals surface area contributed by atoms with Crippen molar-refractivity contribution < 1.29 is 0 Å². The van der Waals surface area contributed by atoms with Gasteiger partial charge in [-0.05, 0) is 24.1 Å². The van der Waals surface area contributed by atoms with E-state index in [0.29, 0.717) is 5.78 Å². The zero-order chi connectivity index (χ0) is 19.5. The van der Waals surface area contributed by atoms with E-state index in [0.717, 1.165) is 41.3 Å². The average Bonchev–Trinajstić information content (AvgIpc) is 3.44. The molecule has 0 saturated carbocycles. The minimum atomic E-state index is 0.575. The number of nitrogens with zero attached hydrogens (tertiary/aromatic N) is 6. The highest BCUT2D eigenvalue weighted by Crippen LogP contribution is 2.21. The summed E-state index contributed by atoms with van der Waals surface area (Å²) in [5, 5.41) is 12.2. The number of para-hydroxylation sites is 1. The molecule has 0 radical (unpaired) electrons. The molecule has 0 atom stereocenters. The zero-order valence-corrected chi connectivity index (χ0v) is 15.7. The maximum absolute atomic E-state index is 4.61. The normalized spacial score (nSPS) is 11.0. The molecule has 0 aliphatic rings. The Balaban J connectivity index is 1.33. The molecule has 0 aliphatic heterocycles. The fourth-order valence-electron chi connectivity index (χ4n) is 3.24. The molecule has 142 valence electrons. The summed E-state index contributed by atoms with van der Waals surface area (Å²) in [7, 11) is 0. The van der Waals surface area contributed by atoms with Gasteiger partial charge in [0.05, 0.1) is 17.6 Å². The molecule has 0 unspecified atom stereocenters. The molecule has 2 aromatic carbocycles. The summed E-state index contributed by atoms with van der Waals surface area (Å²) >= 11 is 0. The first-order valence-corrected chi connectivity index (χ1v) is 9.46. The third-order valence-corrected chi connectivity index (χ3v) is 4.70. The maximum atomic E-state index is 4.61. The predicted octanol–water partition coefficient (Wildman–Crippen LogP) is 3.63. The Morgan fingerprint density at radius 3 is 2.52 bits per heavy atom. The van der Waals surface area contributed by atoms with Gasteiger partial charge in [-0.25, -0.2) is 9.67 Å². The Labute approximate surface area is 167 Å². The van der Waals surface area contributed by atoms with Crippen LogP contribution in [-0.2, 0) is 6.42 Å². The number of benzene rings is 2. The molecule has 0 aliphatic carbocycles. The van der Waals surface area contributed by atoms with Crippen LogP contribution in [-0.4, -0.2) is 35.9 Å². The lowest BCUT2D eigenvalue weighted by molar-refractivity contribution is 0.879. The largest absolute Gasteiger partial charge is 0.370 e. The maximum Gasteiger partial charge on any atom is 0.254 e. The summed E-state index contributed by atoms with van der Waals surface area (Å²) in [6.45, 7) is 0.744. The molecule has 3 heterocycles. The summed E-state index contributed by atoms with van der Waals surface area (Å²) in [5.74, 6) is 1.44. The summed E-state index contributed by atoms with van der Waals surface area (Å²) in [6.07, 6.45) is 6.32. The fraction of sp³-hybridized carbons (Fsp3) is 0.0909. The summed E-state index contributed by atoms with van der Waals surface area (Å²) in [4.78, 5) is 8.86. The Bertz CT molecular complexity index is 1230. The molecule has 0 fully saturated rings. The van der Waals surface area contributed by atoms with Gasteiger partial charge in [0.1, 0.15) is 12.1 Å². The van der Waals surface area contributed by atoms with Crippen molar-refractivity contribution in [3.8, 4) is 16.9 Å². The highest BCUT2D eigenvalue weighted by Gasteiger charge is 2.09. The van der Waals surface area contributed by atoms with E-state index in [-0.39, 0.29) is 0 Å². The first-order chi connectivity index (χ1) is 14.4. The van der Waals surface area contributed by atoms with Crippen LogP contribution < -0.4 is 5.32 Å². The van der Waals surface area contributed by atoms with Crippen LogP contribution in [0, 0.1) is 0 Å². The van der Waals surface area contributed by atoms with Crippen LogP contribution >= 0.6 is 0 Å². The number of hydrogen-bond donors (Lipinski definition) is 1. The first kappa shape index (κ1) is 17.1. The van der Waals surface area contributed by atoms with Gasteiger partial charge < -0.3 is 5.32 Å². The zero-order valence-electron chi connectivity index (χ0n) is 15.7. The molecule has 29 heavy (non-hydrogen) atoms. The lowest BCUT2D eigenvalue weighted by Gasteiger charge is -2.09. The minimum absolute atomic E-state index is 0.575. The van der Waals surface area contributed by atoms with Crippen LogP contribution in [0.25, 0.3) is 22.7 Å². The highest BCUT2D eigenvalue weighted by atomic mass is 15.3. The molecule has 1 N–H and O–H groups in total. The SMILES string of the molecule is c1ccc(-c2cc(NCCc3cnn(-c4ccccc4)c3)n3ncnc3n2)cc1. The third kappa shape index (κ3) is 3.58. The van der Waals surface area contributed by atoms with Gasteiger partial charge in [0.25, 0.3) is 5.78 Å². The number of hydrogen-bond acceptors (Lipinski definition) is 5. The second-order valence-corrected chi connectivity index (χ2v) is 6.67. The number of aromatic nitrogens is 6. The van der Waals surface area contributed by atoms with E-state index in [4.69, 9.17) is 0 Å². The van der Waals surface area contributed by atoms with E-state index in [1.165, 1.54) is 6.33 Å². The Hall–Kier alpha value is -4.00. The van der Waals surface area contributed by atoms with Crippen LogP contribution in [0.4, 0.5) is 5.82 Å². The molecule has 0 amide bonds. The second-order valence-electron chi connectivity index (χ2n) is 6.67. The average molecular weight is 381 g/mol. The molecule has 3 aromatic heterocycles. The number of anilines is 1. The van der Waals surface area contributed by atoms with Crippen molar-refractivity contribution in [3.63, 3.8) is 0 Å². The van der Waals surface area contributed by atoms with Crippen molar-refractivity contribution in [2.45, 2.75) is 6.42 Å². The molecule has 0 spiro atoms. The summed E-state index contributed by atoms with van der Waals surface area (Å²) in [6, 6.07) is 22.2. The molecule has 5 aromatic rings. The standard InChI is InChI=1S/C22H19N7/c1-3-7-18(8-4-1)20-13-21(29-22(27-20)24-16-26-29)23-12-11-17-14-25-28(15-17)19-9-5-2-6-10-19/h1-10,13-16,23H,11-12H2. The fourth-order valence-corrected chi connectivity index (χ4v) is 3.24. The van der Waals surface area contributed by atoms with Crippen molar-refractivity contribution in [3.05, 3.63) is 91.0 Å². The van der Waals surface area contributed by atoms with Crippen molar-refractivity contribution in [1.82, 2.24) is 29.4 Å². The number of nitrogens with one attached hydrogen (secondary N) is 1. The monoisotopic (exact) mass is 381 g/mol. The predicted molar refractivity (Wildman–Crippen MR) is 112 cm³/mol. The third-order valence-electron chi connectivity index (χ3n) is 4.70. The Kier molecular flexibility index (Phi) is 4.46. The van der Waals surface area contributed by atoms with Crippen molar-refractivity contribution >= 4 is 11.6 Å². The number of fused-ring (bicyclic) bond motifs is 1. The topological polar surface area (TPSA) is 72.9 Å². The van der Waals surface area contributed by atoms with Gasteiger partial charge in [-0.15, -0.1) is 0 Å². The van der Waals surface area contributed by atoms with Crippen molar-refractivity contribution in [2.75, 3.05) is 11.9 Å². The van der Waals surface area contributed by atoms with Gasteiger partial charge in [-0.3, -0.25) is 0 Å². The summed E-state index contributed by atoms with van der Waals surface area (Å²) in [5.41, 5.74) is 4.13. The summed E-state index contributed by atoms with van der Waals surface area (Å²) < 4.78 is 3.62. The first-order valence-electron chi connectivity index (χ1n) is 9.46.